The van der Waals surface area contributed by atoms with Crippen molar-refractivity contribution in [3.05, 3.63) is 51.4 Å². The average Bonchev–Trinajstić information content (AvgIpc) is 2.84. The van der Waals surface area contributed by atoms with Crippen molar-refractivity contribution < 1.29 is 0 Å². The van der Waals surface area contributed by atoms with Crippen molar-refractivity contribution in [2.75, 3.05) is 0 Å². The van der Waals surface area contributed by atoms with Gasteiger partial charge in [0, 0.05) is 11.1 Å². The minimum Gasteiger partial charge on any atom is -0.244 e. The molecular weight excluding hydrogens is 264 g/mol. The molecule has 100 valence electrons. The number of rotatable bonds is 2. The van der Waals surface area contributed by atoms with Crippen LogP contribution in [-0.2, 0) is 12.8 Å². The highest BCUT2D eigenvalue weighted by Crippen LogP contribution is 2.39. The molecule has 1 aliphatic rings. The lowest BCUT2D eigenvalue weighted by molar-refractivity contribution is 0.696. The summed E-state index contributed by atoms with van der Waals surface area (Å²) in [5, 5.41) is 10.3. The van der Waals surface area contributed by atoms with E-state index in [0.717, 1.165) is 29.0 Å². The lowest BCUT2D eigenvalue weighted by Gasteiger charge is -2.09. The molecule has 2 nitrogen and oxygen atoms in total. The Balaban J connectivity index is 1.93. The summed E-state index contributed by atoms with van der Waals surface area (Å²) in [7, 11) is 0. The number of aliphatic imine (C=N–C) groups is 1. The molecule has 0 atom stereocenters. The van der Waals surface area contributed by atoms with Gasteiger partial charge in [-0.25, -0.2) is 4.99 Å². The molecule has 0 unspecified atom stereocenters. The Labute approximate surface area is 123 Å². The van der Waals surface area contributed by atoms with Crippen molar-refractivity contribution in [2.45, 2.75) is 32.6 Å². The Morgan fingerprint density at radius 1 is 1.20 bits per heavy atom. The maximum Gasteiger partial charge on any atom is 0.134 e. The lowest BCUT2D eigenvalue weighted by Crippen LogP contribution is -1.99. The maximum absolute atomic E-state index is 9.38. The van der Waals surface area contributed by atoms with Crippen LogP contribution in [0.2, 0.25) is 0 Å². The van der Waals surface area contributed by atoms with Crippen LogP contribution in [0.4, 0.5) is 5.00 Å². The number of nitriles is 1. The van der Waals surface area contributed by atoms with E-state index in [1.54, 1.807) is 11.3 Å². The van der Waals surface area contributed by atoms with Crippen molar-refractivity contribution >= 4 is 22.6 Å². The fraction of sp³-hybridized carbons (Fsp3) is 0.294. The number of benzene rings is 1. The van der Waals surface area contributed by atoms with Crippen molar-refractivity contribution in [3.8, 4) is 6.07 Å². The molecule has 0 fully saturated rings. The molecule has 2 aromatic rings. The van der Waals surface area contributed by atoms with E-state index < -0.39 is 0 Å². The summed E-state index contributed by atoms with van der Waals surface area (Å²) in [6.45, 7) is 2.07. The van der Waals surface area contributed by atoms with Crippen molar-refractivity contribution in [1.29, 1.82) is 5.26 Å². The molecule has 1 aromatic heterocycles. The van der Waals surface area contributed by atoms with Crippen LogP contribution in [0.25, 0.3) is 0 Å². The Hall–Kier alpha value is -1.92. The molecule has 0 N–H and O–H groups in total. The van der Waals surface area contributed by atoms with Crippen LogP contribution >= 0.6 is 11.3 Å². The Bertz CT molecular complexity index is 687. The molecule has 1 heterocycles. The van der Waals surface area contributed by atoms with E-state index in [4.69, 9.17) is 0 Å². The molecule has 0 bridgehead atoms. The summed E-state index contributed by atoms with van der Waals surface area (Å²) in [5.41, 5.74) is 4.37. The molecule has 20 heavy (non-hydrogen) atoms. The van der Waals surface area contributed by atoms with E-state index in [0.29, 0.717) is 0 Å². The van der Waals surface area contributed by atoms with Gasteiger partial charge in [-0.05, 0) is 43.7 Å². The number of fused-ring (bicyclic) bond motifs is 1. The van der Waals surface area contributed by atoms with E-state index in [-0.39, 0.29) is 0 Å². The van der Waals surface area contributed by atoms with Crippen LogP contribution in [0, 0.1) is 18.3 Å². The summed E-state index contributed by atoms with van der Waals surface area (Å²) < 4.78 is 0. The first kappa shape index (κ1) is 13.1. The van der Waals surface area contributed by atoms with Gasteiger partial charge in [-0.15, -0.1) is 11.3 Å². The largest absolute Gasteiger partial charge is 0.244 e. The van der Waals surface area contributed by atoms with Crippen molar-refractivity contribution in [2.24, 2.45) is 4.99 Å². The molecule has 0 radical (unpaired) electrons. The minimum atomic E-state index is 0.799. The zero-order valence-electron chi connectivity index (χ0n) is 11.5. The summed E-state index contributed by atoms with van der Waals surface area (Å²) in [4.78, 5) is 5.92. The van der Waals surface area contributed by atoms with Gasteiger partial charge in [-0.3, -0.25) is 0 Å². The first-order valence-electron chi connectivity index (χ1n) is 6.93. The normalized spacial score (nSPS) is 14.2. The van der Waals surface area contributed by atoms with Gasteiger partial charge in [0.1, 0.15) is 11.1 Å². The Morgan fingerprint density at radius 3 is 2.70 bits per heavy atom. The highest BCUT2D eigenvalue weighted by atomic mass is 32.1. The van der Waals surface area contributed by atoms with Crippen LogP contribution in [0.1, 0.15) is 40.0 Å². The van der Waals surface area contributed by atoms with Crippen LogP contribution in [0.15, 0.2) is 29.3 Å². The number of hydrogen-bond donors (Lipinski definition) is 0. The van der Waals surface area contributed by atoms with Crippen molar-refractivity contribution in [3.63, 3.8) is 0 Å². The predicted octanol–water partition coefficient (Wildman–Crippen LogP) is 4.56. The van der Waals surface area contributed by atoms with E-state index in [1.807, 2.05) is 6.21 Å². The molecular formula is C17H16N2S. The van der Waals surface area contributed by atoms with Crippen molar-refractivity contribution in [1.82, 2.24) is 0 Å². The number of nitrogens with zero attached hydrogens (tertiary/aromatic N) is 2. The van der Waals surface area contributed by atoms with Gasteiger partial charge in [0.05, 0.1) is 5.56 Å². The number of thiophene rings is 1. The molecule has 0 saturated heterocycles. The summed E-state index contributed by atoms with van der Waals surface area (Å²) in [6, 6.07) is 10.6. The minimum absolute atomic E-state index is 0.799. The zero-order chi connectivity index (χ0) is 13.9. The second-order valence-corrected chi connectivity index (χ2v) is 6.26. The molecule has 3 heteroatoms. The topological polar surface area (TPSA) is 36.1 Å². The standard InChI is InChI=1S/C17H16N2S/c1-12-6-8-13(9-7-12)11-19-17-15(10-18)14-4-2-3-5-16(14)20-17/h6-9,11H,2-5H2,1H3/b19-11+. The molecule has 0 saturated carbocycles. The predicted molar refractivity (Wildman–Crippen MR) is 84.1 cm³/mol. The smallest absolute Gasteiger partial charge is 0.134 e. The fourth-order valence-electron chi connectivity index (χ4n) is 2.54. The third-order valence-electron chi connectivity index (χ3n) is 3.67. The highest BCUT2D eigenvalue weighted by molar-refractivity contribution is 7.16. The van der Waals surface area contributed by atoms with Gasteiger partial charge >= 0.3 is 0 Å². The third-order valence-corrected chi connectivity index (χ3v) is 4.87. The molecule has 1 aromatic carbocycles. The zero-order valence-corrected chi connectivity index (χ0v) is 12.3. The Morgan fingerprint density at radius 2 is 1.95 bits per heavy atom. The SMILES string of the molecule is Cc1ccc(/C=N/c2sc3c(c2C#N)CCCC3)cc1. The van der Waals surface area contributed by atoms with Crippen LogP contribution in [-0.4, -0.2) is 6.21 Å². The van der Waals surface area contributed by atoms with Crippen LogP contribution < -0.4 is 0 Å². The van der Waals surface area contributed by atoms with Crippen LogP contribution in [0.3, 0.4) is 0 Å². The van der Waals surface area contributed by atoms with Gasteiger partial charge in [-0.2, -0.15) is 5.26 Å². The fourth-order valence-corrected chi connectivity index (χ4v) is 3.73. The number of hydrogen-bond acceptors (Lipinski definition) is 3. The molecule has 1 aliphatic carbocycles. The second kappa shape index (κ2) is 5.60. The van der Waals surface area contributed by atoms with Gasteiger partial charge in [0.25, 0.3) is 0 Å². The molecule has 0 amide bonds. The van der Waals surface area contributed by atoms with Gasteiger partial charge < -0.3 is 0 Å². The summed E-state index contributed by atoms with van der Waals surface area (Å²) >= 11 is 1.69. The van der Waals surface area contributed by atoms with E-state index in [9.17, 15) is 5.26 Å². The first-order valence-corrected chi connectivity index (χ1v) is 7.75. The van der Waals surface area contributed by atoms with E-state index >= 15 is 0 Å². The summed E-state index contributed by atoms with van der Waals surface area (Å²) in [5.74, 6) is 0. The van der Waals surface area contributed by atoms with Gasteiger partial charge in [0.15, 0.2) is 0 Å². The maximum atomic E-state index is 9.38. The Kier molecular flexibility index (Phi) is 3.66. The number of aryl methyl sites for hydroxylation is 2. The van der Waals surface area contributed by atoms with Gasteiger partial charge in [0.2, 0.25) is 0 Å². The van der Waals surface area contributed by atoms with E-state index in [2.05, 4.69) is 42.3 Å². The average molecular weight is 280 g/mol. The summed E-state index contributed by atoms with van der Waals surface area (Å²) in [6.07, 6.45) is 6.43. The molecule has 0 spiro atoms. The van der Waals surface area contributed by atoms with Gasteiger partial charge in [-0.1, -0.05) is 29.8 Å². The highest BCUT2D eigenvalue weighted by Gasteiger charge is 2.19. The quantitative estimate of drug-likeness (QED) is 0.743. The first-order chi connectivity index (χ1) is 9.78. The monoisotopic (exact) mass is 280 g/mol. The lowest BCUT2D eigenvalue weighted by atomic mass is 9.96. The second-order valence-electron chi connectivity index (χ2n) is 5.17. The van der Waals surface area contributed by atoms with Crippen LogP contribution in [0.5, 0.6) is 0 Å². The molecule has 0 aliphatic heterocycles. The third kappa shape index (κ3) is 2.52. The van der Waals surface area contributed by atoms with E-state index in [1.165, 1.54) is 28.8 Å². The molecule has 3 rings (SSSR count).